The molecule has 0 aliphatic carbocycles. The van der Waals surface area contributed by atoms with Gasteiger partial charge in [-0.05, 0) is 23.6 Å². The zero-order valence-electron chi connectivity index (χ0n) is 11.4. The van der Waals surface area contributed by atoms with Crippen molar-refractivity contribution in [1.29, 1.82) is 0 Å². The molecule has 3 nitrogen and oxygen atoms in total. The average Bonchev–Trinajstić information content (AvgIpc) is 3.02. The molecule has 0 bridgehead atoms. The maximum Gasteiger partial charge on any atom is 0.140 e. The number of nitrogens with one attached hydrogen (secondary N) is 1. The summed E-state index contributed by atoms with van der Waals surface area (Å²) in [6, 6.07) is 7.81. The van der Waals surface area contributed by atoms with Crippen LogP contribution in [0.25, 0.3) is 0 Å². The van der Waals surface area contributed by atoms with Crippen LogP contribution < -0.4 is 5.32 Å². The first-order valence-electron chi connectivity index (χ1n) is 6.83. The van der Waals surface area contributed by atoms with Crippen LogP contribution in [-0.4, -0.2) is 36.2 Å². The lowest BCUT2D eigenvalue weighted by molar-refractivity contribution is 0.197. The van der Waals surface area contributed by atoms with Gasteiger partial charge in [0.1, 0.15) is 5.75 Å². The minimum absolute atomic E-state index is 0.0279. The summed E-state index contributed by atoms with van der Waals surface area (Å²) in [5, 5.41) is 16.3. The van der Waals surface area contributed by atoms with Crippen LogP contribution in [0.15, 0.2) is 34.1 Å². The van der Waals surface area contributed by atoms with Gasteiger partial charge in [0.05, 0.1) is 11.1 Å². The van der Waals surface area contributed by atoms with Crippen molar-refractivity contribution in [3.8, 4) is 5.75 Å². The lowest BCUT2D eigenvalue weighted by Gasteiger charge is -2.35. The van der Waals surface area contributed by atoms with Crippen molar-refractivity contribution in [2.45, 2.75) is 6.04 Å². The maximum atomic E-state index is 10.5. The molecule has 0 spiro atoms. The summed E-state index contributed by atoms with van der Waals surface area (Å²) in [4.78, 5) is 3.61. The van der Waals surface area contributed by atoms with E-state index in [2.05, 4.69) is 37.6 Å². The molecule has 2 N–H and O–H groups in total. The SMILES string of the molecule is Oc1c(Cl)ccc(Br)c1[C@H](c1cccs1)N1CCNCC1. The second-order valence-corrected chi connectivity index (χ2v) is 7.24. The molecule has 21 heavy (non-hydrogen) atoms. The quantitative estimate of drug-likeness (QED) is 0.839. The summed E-state index contributed by atoms with van der Waals surface area (Å²) >= 11 is 11.4. The fourth-order valence-corrected chi connectivity index (χ4v) is 4.28. The lowest BCUT2D eigenvalue weighted by atomic mass is 10.0. The number of rotatable bonds is 3. The number of hydrogen-bond acceptors (Lipinski definition) is 4. The topological polar surface area (TPSA) is 35.5 Å². The molecule has 0 saturated carbocycles. The Morgan fingerprint density at radius 3 is 2.71 bits per heavy atom. The number of nitrogens with zero attached hydrogens (tertiary/aromatic N) is 1. The van der Waals surface area contributed by atoms with Gasteiger partial charge in [-0.2, -0.15) is 0 Å². The first kappa shape index (κ1) is 15.3. The third-order valence-corrected chi connectivity index (χ3v) is 5.64. The van der Waals surface area contributed by atoms with Gasteiger partial charge in [-0.1, -0.05) is 33.6 Å². The van der Waals surface area contributed by atoms with Crippen LogP contribution in [-0.2, 0) is 0 Å². The first-order chi connectivity index (χ1) is 10.2. The predicted molar refractivity (Wildman–Crippen MR) is 91.4 cm³/mol. The van der Waals surface area contributed by atoms with Gasteiger partial charge in [0.25, 0.3) is 0 Å². The van der Waals surface area contributed by atoms with Crippen molar-refractivity contribution in [2.24, 2.45) is 0 Å². The number of hydrogen-bond donors (Lipinski definition) is 2. The van der Waals surface area contributed by atoms with E-state index < -0.39 is 0 Å². The number of halogens is 2. The van der Waals surface area contributed by atoms with Crippen molar-refractivity contribution in [1.82, 2.24) is 10.2 Å². The van der Waals surface area contributed by atoms with Crippen LogP contribution >= 0.6 is 38.9 Å². The number of thiophene rings is 1. The zero-order valence-corrected chi connectivity index (χ0v) is 14.5. The monoisotopic (exact) mass is 386 g/mol. The molecule has 3 rings (SSSR count). The molecule has 1 aliphatic heterocycles. The molecule has 1 aliphatic rings. The molecule has 6 heteroatoms. The van der Waals surface area contributed by atoms with Crippen molar-refractivity contribution < 1.29 is 5.11 Å². The molecular formula is C15H16BrClN2OS. The summed E-state index contributed by atoms with van der Waals surface area (Å²) in [5.74, 6) is 0.169. The minimum atomic E-state index is 0.0279. The summed E-state index contributed by atoms with van der Waals surface area (Å²) in [7, 11) is 0. The Morgan fingerprint density at radius 1 is 1.29 bits per heavy atom. The molecule has 0 radical (unpaired) electrons. The summed E-state index contributed by atoms with van der Waals surface area (Å²) in [6.07, 6.45) is 0. The molecule has 1 atom stereocenters. The highest BCUT2D eigenvalue weighted by molar-refractivity contribution is 9.10. The highest BCUT2D eigenvalue weighted by atomic mass is 79.9. The third kappa shape index (κ3) is 3.12. The van der Waals surface area contributed by atoms with Gasteiger partial charge in [-0.25, -0.2) is 0 Å². The normalized spacial score (nSPS) is 17.8. The zero-order chi connectivity index (χ0) is 14.8. The molecule has 112 valence electrons. The first-order valence-corrected chi connectivity index (χ1v) is 8.88. The second kappa shape index (κ2) is 6.67. The third-order valence-electron chi connectivity index (χ3n) is 3.72. The Bertz CT molecular complexity index is 614. The van der Waals surface area contributed by atoms with E-state index in [1.54, 1.807) is 17.4 Å². The summed E-state index contributed by atoms with van der Waals surface area (Å²) < 4.78 is 0.890. The van der Waals surface area contributed by atoms with Crippen LogP contribution in [0.4, 0.5) is 0 Å². The number of benzene rings is 1. The van der Waals surface area contributed by atoms with E-state index in [-0.39, 0.29) is 11.8 Å². The Hall–Kier alpha value is -0.590. The smallest absolute Gasteiger partial charge is 0.140 e. The van der Waals surface area contributed by atoms with Gasteiger partial charge in [-0.3, -0.25) is 4.90 Å². The molecule has 1 aromatic heterocycles. The van der Waals surface area contributed by atoms with Gasteiger partial charge in [0.2, 0.25) is 0 Å². The van der Waals surface area contributed by atoms with E-state index >= 15 is 0 Å². The van der Waals surface area contributed by atoms with Crippen LogP contribution in [0.3, 0.4) is 0 Å². The van der Waals surface area contributed by atoms with E-state index in [9.17, 15) is 5.11 Å². The molecule has 2 aromatic rings. The molecule has 1 fully saturated rings. The number of phenols is 1. The molecule has 2 heterocycles. The van der Waals surface area contributed by atoms with Crippen molar-refractivity contribution in [2.75, 3.05) is 26.2 Å². The molecule has 0 unspecified atom stereocenters. The summed E-state index contributed by atoms with van der Waals surface area (Å²) in [5.41, 5.74) is 0.854. The molecular weight excluding hydrogens is 372 g/mol. The van der Waals surface area contributed by atoms with Gasteiger partial charge < -0.3 is 10.4 Å². The van der Waals surface area contributed by atoms with Gasteiger partial charge in [0.15, 0.2) is 0 Å². The van der Waals surface area contributed by atoms with Crippen LogP contribution in [0, 0.1) is 0 Å². The van der Waals surface area contributed by atoms with Gasteiger partial charge >= 0.3 is 0 Å². The Labute approximate surface area is 141 Å². The van der Waals surface area contributed by atoms with Crippen molar-refractivity contribution >= 4 is 38.9 Å². The molecule has 0 amide bonds. The predicted octanol–water partition coefficient (Wildman–Crippen LogP) is 3.86. The highest BCUT2D eigenvalue weighted by Crippen LogP contribution is 2.43. The number of aromatic hydroxyl groups is 1. The van der Waals surface area contributed by atoms with Crippen LogP contribution in [0.2, 0.25) is 5.02 Å². The van der Waals surface area contributed by atoms with Crippen molar-refractivity contribution in [3.63, 3.8) is 0 Å². The van der Waals surface area contributed by atoms with Gasteiger partial charge in [0, 0.05) is 41.1 Å². The Morgan fingerprint density at radius 2 is 2.05 bits per heavy atom. The second-order valence-electron chi connectivity index (χ2n) is 5.00. The molecule has 1 aromatic carbocycles. The van der Waals surface area contributed by atoms with E-state index in [1.807, 2.05) is 12.1 Å². The Balaban J connectivity index is 2.09. The number of piperazine rings is 1. The maximum absolute atomic E-state index is 10.5. The summed E-state index contributed by atoms with van der Waals surface area (Å²) in [6.45, 7) is 3.81. The Kier molecular flexibility index (Phi) is 4.86. The van der Waals surface area contributed by atoms with Crippen LogP contribution in [0.5, 0.6) is 5.75 Å². The van der Waals surface area contributed by atoms with E-state index in [4.69, 9.17) is 11.6 Å². The van der Waals surface area contributed by atoms with Gasteiger partial charge in [-0.15, -0.1) is 11.3 Å². The molecule has 1 saturated heterocycles. The van der Waals surface area contributed by atoms with E-state index in [1.165, 1.54) is 4.88 Å². The highest BCUT2D eigenvalue weighted by Gasteiger charge is 2.29. The fourth-order valence-electron chi connectivity index (χ4n) is 2.71. The van der Waals surface area contributed by atoms with Crippen LogP contribution in [0.1, 0.15) is 16.5 Å². The average molecular weight is 388 g/mol. The lowest BCUT2D eigenvalue weighted by Crippen LogP contribution is -2.45. The number of phenolic OH excluding ortho intramolecular Hbond substituents is 1. The van der Waals surface area contributed by atoms with E-state index in [0.29, 0.717) is 5.02 Å². The van der Waals surface area contributed by atoms with Crippen molar-refractivity contribution in [3.05, 3.63) is 49.6 Å². The fraction of sp³-hybridized carbons (Fsp3) is 0.333. The minimum Gasteiger partial charge on any atom is -0.506 e. The van der Waals surface area contributed by atoms with E-state index in [0.717, 1.165) is 36.2 Å². The largest absolute Gasteiger partial charge is 0.506 e. The standard InChI is InChI=1S/C15H16BrClN2OS/c16-10-3-4-11(17)15(20)13(10)14(12-2-1-9-21-12)19-7-5-18-6-8-19/h1-4,9,14,18,20H,5-8H2/t14-/m0/s1.